The zero-order valence-corrected chi connectivity index (χ0v) is 13.3. The third-order valence-corrected chi connectivity index (χ3v) is 3.41. The molecular weight excluding hydrogens is 296 g/mol. The lowest BCUT2D eigenvalue weighted by atomic mass is 10.1. The number of carbonyl (C=O) groups excluding carboxylic acids is 1. The van der Waals surface area contributed by atoms with Crippen LogP contribution >= 0.6 is 0 Å². The first-order valence-electron chi connectivity index (χ1n) is 7.12. The van der Waals surface area contributed by atoms with E-state index in [4.69, 9.17) is 4.74 Å². The summed E-state index contributed by atoms with van der Waals surface area (Å²) in [7, 11) is 0. The van der Waals surface area contributed by atoms with E-state index < -0.39 is 4.92 Å². The second-order valence-corrected chi connectivity index (χ2v) is 5.36. The molecular formula is C17H18N2O4. The number of rotatable bonds is 5. The zero-order chi connectivity index (χ0) is 17.0. The number of hydrogen-bond donors (Lipinski definition) is 1. The van der Waals surface area contributed by atoms with Gasteiger partial charge in [0.25, 0.3) is 11.6 Å². The Bertz CT molecular complexity index is 756. The molecule has 2 rings (SSSR count). The van der Waals surface area contributed by atoms with Crippen molar-refractivity contribution in [2.75, 3.05) is 11.9 Å². The Hall–Kier alpha value is -2.89. The number of nitro benzene ring substituents is 1. The van der Waals surface area contributed by atoms with E-state index in [1.807, 2.05) is 32.0 Å². The Morgan fingerprint density at radius 2 is 1.83 bits per heavy atom. The third-order valence-electron chi connectivity index (χ3n) is 3.41. The van der Waals surface area contributed by atoms with Crippen LogP contribution in [0, 0.1) is 30.9 Å². The normalized spacial score (nSPS) is 10.2. The number of nitrogens with one attached hydrogen (secondary N) is 1. The lowest BCUT2D eigenvalue weighted by molar-refractivity contribution is -0.384. The Morgan fingerprint density at radius 1 is 1.13 bits per heavy atom. The molecule has 0 atom stereocenters. The molecule has 0 bridgehead atoms. The molecule has 1 N–H and O–H groups in total. The second-order valence-electron chi connectivity index (χ2n) is 5.36. The Morgan fingerprint density at radius 3 is 2.52 bits per heavy atom. The molecule has 2 aromatic carbocycles. The molecule has 0 unspecified atom stereocenters. The highest BCUT2D eigenvalue weighted by atomic mass is 16.6. The van der Waals surface area contributed by atoms with Crippen LogP contribution in [0.3, 0.4) is 0 Å². The molecule has 0 aliphatic carbocycles. The van der Waals surface area contributed by atoms with Gasteiger partial charge in [-0.25, -0.2) is 0 Å². The van der Waals surface area contributed by atoms with Gasteiger partial charge in [-0.15, -0.1) is 0 Å². The molecule has 0 saturated heterocycles. The van der Waals surface area contributed by atoms with Gasteiger partial charge in [0.1, 0.15) is 5.75 Å². The van der Waals surface area contributed by atoms with Gasteiger partial charge < -0.3 is 10.1 Å². The van der Waals surface area contributed by atoms with Gasteiger partial charge in [0.05, 0.1) is 10.6 Å². The van der Waals surface area contributed by atoms with Crippen molar-refractivity contribution < 1.29 is 14.5 Å². The van der Waals surface area contributed by atoms with Crippen LogP contribution in [0.2, 0.25) is 0 Å². The van der Waals surface area contributed by atoms with Crippen LogP contribution in [0.25, 0.3) is 0 Å². The van der Waals surface area contributed by atoms with E-state index in [1.165, 1.54) is 12.1 Å². The van der Waals surface area contributed by atoms with Crippen LogP contribution < -0.4 is 10.1 Å². The minimum absolute atomic E-state index is 0.0682. The summed E-state index contributed by atoms with van der Waals surface area (Å²) in [5, 5.41) is 13.4. The van der Waals surface area contributed by atoms with Crippen molar-refractivity contribution in [3.05, 3.63) is 63.2 Å². The lowest BCUT2D eigenvalue weighted by Crippen LogP contribution is -2.21. The first-order valence-corrected chi connectivity index (χ1v) is 7.12. The van der Waals surface area contributed by atoms with Crippen LogP contribution in [-0.4, -0.2) is 17.4 Å². The van der Waals surface area contributed by atoms with Crippen LogP contribution in [-0.2, 0) is 4.79 Å². The van der Waals surface area contributed by atoms with Crippen LogP contribution in [0.4, 0.5) is 11.4 Å². The first-order chi connectivity index (χ1) is 10.9. The molecule has 0 aromatic heterocycles. The Kier molecular flexibility index (Phi) is 4.95. The number of benzene rings is 2. The van der Waals surface area contributed by atoms with Gasteiger partial charge in [-0.1, -0.05) is 18.2 Å². The van der Waals surface area contributed by atoms with Crippen molar-refractivity contribution in [1.82, 2.24) is 0 Å². The largest absolute Gasteiger partial charge is 0.483 e. The summed E-state index contributed by atoms with van der Waals surface area (Å²) in [6.07, 6.45) is 0. The molecule has 0 fully saturated rings. The summed E-state index contributed by atoms with van der Waals surface area (Å²) in [4.78, 5) is 22.3. The Balaban J connectivity index is 2.04. The maximum absolute atomic E-state index is 12.0. The predicted molar refractivity (Wildman–Crippen MR) is 87.9 cm³/mol. The molecule has 0 spiro atoms. The fraction of sp³-hybridized carbons (Fsp3) is 0.235. The highest BCUT2D eigenvalue weighted by Crippen LogP contribution is 2.22. The number of aryl methyl sites for hydroxylation is 3. The molecule has 2 aromatic rings. The number of amides is 1. The fourth-order valence-corrected chi connectivity index (χ4v) is 2.05. The van der Waals surface area contributed by atoms with Crippen molar-refractivity contribution in [3.8, 4) is 5.75 Å². The zero-order valence-electron chi connectivity index (χ0n) is 13.3. The predicted octanol–water partition coefficient (Wildman–Crippen LogP) is 3.54. The van der Waals surface area contributed by atoms with E-state index in [2.05, 4.69) is 5.32 Å². The van der Waals surface area contributed by atoms with Gasteiger partial charge in [-0.05, 0) is 43.5 Å². The van der Waals surface area contributed by atoms with E-state index in [-0.39, 0.29) is 18.2 Å². The molecule has 1 amide bonds. The van der Waals surface area contributed by atoms with E-state index in [0.717, 1.165) is 16.7 Å². The average molecular weight is 314 g/mol. The molecule has 0 saturated carbocycles. The highest BCUT2D eigenvalue weighted by Gasteiger charge is 2.12. The summed E-state index contributed by atoms with van der Waals surface area (Å²) in [5.41, 5.74) is 3.07. The van der Waals surface area contributed by atoms with Crippen molar-refractivity contribution in [2.24, 2.45) is 0 Å². The van der Waals surface area contributed by atoms with Crippen LogP contribution in [0.1, 0.15) is 16.7 Å². The van der Waals surface area contributed by atoms with E-state index in [1.54, 1.807) is 13.0 Å². The first kappa shape index (κ1) is 16.5. The summed E-state index contributed by atoms with van der Waals surface area (Å²) >= 11 is 0. The van der Waals surface area contributed by atoms with Crippen molar-refractivity contribution in [2.45, 2.75) is 20.8 Å². The van der Waals surface area contributed by atoms with Crippen LogP contribution in [0.15, 0.2) is 36.4 Å². The third kappa shape index (κ3) is 4.29. The molecule has 23 heavy (non-hydrogen) atoms. The van der Waals surface area contributed by atoms with Crippen molar-refractivity contribution in [1.29, 1.82) is 0 Å². The number of non-ortho nitro benzene ring substituents is 1. The summed E-state index contributed by atoms with van der Waals surface area (Å²) in [6, 6.07) is 10.1. The molecule has 0 heterocycles. The van der Waals surface area contributed by atoms with Crippen molar-refractivity contribution in [3.63, 3.8) is 0 Å². The number of nitrogens with zero attached hydrogens (tertiary/aromatic N) is 1. The second kappa shape index (κ2) is 6.91. The summed E-state index contributed by atoms with van der Waals surface area (Å²) < 4.78 is 5.52. The highest BCUT2D eigenvalue weighted by molar-refractivity contribution is 5.93. The number of nitro groups is 1. The van der Waals surface area contributed by atoms with Gasteiger partial charge in [0, 0.05) is 12.1 Å². The average Bonchev–Trinajstić information content (AvgIpc) is 2.50. The molecule has 0 radical (unpaired) electrons. The summed E-state index contributed by atoms with van der Waals surface area (Å²) in [6.45, 7) is 5.45. The maximum atomic E-state index is 12.0. The number of ether oxygens (including phenoxy) is 1. The molecule has 0 aliphatic heterocycles. The minimum atomic E-state index is -0.498. The molecule has 0 aliphatic rings. The topological polar surface area (TPSA) is 81.5 Å². The fourth-order valence-electron chi connectivity index (χ4n) is 2.05. The standard InChI is InChI=1S/C17H18N2O4/c1-11-4-5-13(3)16(8-11)23-10-17(20)18-15-9-14(19(21)22)7-6-12(15)2/h4-9H,10H2,1-3H3,(H,18,20). The van der Waals surface area contributed by atoms with Gasteiger partial charge in [-0.2, -0.15) is 0 Å². The van der Waals surface area contributed by atoms with E-state index in [0.29, 0.717) is 11.4 Å². The van der Waals surface area contributed by atoms with Crippen LogP contribution in [0.5, 0.6) is 5.75 Å². The monoisotopic (exact) mass is 314 g/mol. The Labute approximate surface area is 134 Å². The lowest BCUT2D eigenvalue weighted by Gasteiger charge is -2.11. The van der Waals surface area contributed by atoms with E-state index >= 15 is 0 Å². The quantitative estimate of drug-likeness (QED) is 0.676. The van der Waals surface area contributed by atoms with E-state index in [9.17, 15) is 14.9 Å². The summed E-state index contributed by atoms with van der Waals surface area (Å²) in [5.74, 6) is 0.283. The SMILES string of the molecule is Cc1ccc(C)c(OCC(=O)Nc2cc([N+](=O)[O-])ccc2C)c1. The maximum Gasteiger partial charge on any atom is 0.271 e. The number of anilines is 1. The smallest absolute Gasteiger partial charge is 0.271 e. The van der Waals surface area contributed by atoms with Gasteiger partial charge in [-0.3, -0.25) is 14.9 Å². The van der Waals surface area contributed by atoms with Gasteiger partial charge >= 0.3 is 0 Å². The number of hydrogen-bond acceptors (Lipinski definition) is 4. The number of carbonyl (C=O) groups is 1. The molecule has 120 valence electrons. The molecule has 6 heteroatoms. The minimum Gasteiger partial charge on any atom is -0.483 e. The van der Waals surface area contributed by atoms with Gasteiger partial charge in [0.15, 0.2) is 6.61 Å². The molecule has 6 nitrogen and oxygen atoms in total. The van der Waals surface area contributed by atoms with Gasteiger partial charge in [0.2, 0.25) is 0 Å². The van der Waals surface area contributed by atoms with Crippen molar-refractivity contribution >= 4 is 17.3 Å².